The number of rotatable bonds is 5. The van der Waals surface area contributed by atoms with E-state index in [-0.39, 0.29) is 10.8 Å². The molecule has 0 fully saturated rings. The molecular weight excluding hydrogens is 288 g/mol. The third-order valence-corrected chi connectivity index (χ3v) is 4.02. The van der Waals surface area contributed by atoms with Crippen molar-refractivity contribution in [1.82, 2.24) is 0 Å². The first-order valence-corrected chi connectivity index (χ1v) is 7.61. The zero-order valence-corrected chi connectivity index (χ0v) is 11.9. The summed E-state index contributed by atoms with van der Waals surface area (Å²) in [5.41, 5.74) is 0.842. The van der Waals surface area contributed by atoms with Crippen LogP contribution >= 0.6 is 0 Å². The van der Waals surface area contributed by atoms with Gasteiger partial charge in [-0.3, -0.25) is 9.52 Å². The SMILES string of the molecule is C=CC(=O)Nc1cccc(NS(=O)(=O)c2ccccc2)c1. The summed E-state index contributed by atoms with van der Waals surface area (Å²) in [6.45, 7) is 3.35. The van der Waals surface area contributed by atoms with Gasteiger partial charge in [0.05, 0.1) is 10.6 Å². The number of nitrogens with one attached hydrogen (secondary N) is 2. The molecule has 0 heterocycles. The lowest BCUT2D eigenvalue weighted by Gasteiger charge is -2.09. The van der Waals surface area contributed by atoms with Crippen molar-refractivity contribution < 1.29 is 13.2 Å². The molecule has 0 spiro atoms. The molecule has 0 radical (unpaired) electrons. The molecule has 0 aliphatic rings. The third-order valence-electron chi connectivity index (χ3n) is 2.62. The van der Waals surface area contributed by atoms with Gasteiger partial charge in [0.2, 0.25) is 5.91 Å². The molecule has 0 unspecified atom stereocenters. The average Bonchev–Trinajstić information content (AvgIpc) is 2.48. The van der Waals surface area contributed by atoms with Crippen LogP contribution < -0.4 is 10.0 Å². The Morgan fingerprint density at radius 1 is 1.00 bits per heavy atom. The van der Waals surface area contributed by atoms with Crippen LogP contribution in [0.1, 0.15) is 0 Å². The number of hydrogen-bond donors (Lipinski definition) is 2. The fourth-order valence-electron chi connectivity index (χ4n) is 1.67. The van der Waals surface area contributed by atoms with Crippen LogP contribution in [0.4, 0.5) is 11.4 Å². The summed E-state index contributed by atoms with van der Waals surface area (Å²) in [7, 11) is -3.65. The second-order valence-electron chi connectivity index (χ2n) is 4.19. The number of benzene rings is 2. The lowest BCUT2D eigenvalue weighted by Crippen LogP contribution is -2.13. The van der Waals surface area contributed by atoms with Crippen LogP contribution in [0.2, 0.25) is 0 Å². The maximum Gasteiger partial charge on any atom is 0.261 e. The van der Waals surface area contributed by atoms with Gasteiger partial charge in [-0.05, 0) is 36.4 Å². The molecule has 5 nitrogen and oxygen atoms in total. The fourth-order valence-corrected chi connectivity index (χ4v) is 2.74. The van der Waals surface area contributed by atoms with Crippen molar-refractivity contribution in [3.63, 3.8) is 0 Å². The Morgan fingerprint density at radius 3 is 2.33 bits per heavy atom. The Hall–Kier alpha value is -2.60. The van der Waals surface area contributed by atoms with Crippen molar-refractivity contribution in [2.24, 2.45) is 0 Å². The predicted octanol–water partition coefficient (Wildman–Crippen LogP) is 2.61. The topological polar surface area (TPSA) is 75.3 Å². The van der Waals surface area contributed by atoms with E-state index in [2.05, 4.69) is 16.6 Å². The number of amides is 1. The van der Waals surface area contributed by atoms with E-state index in [4.69, 9.17) is 0 Å². The Balaban J connectivity index is 2.22. The lowest BCUT2D eigenvalue weighted by molar-refractivity contribution is -0.111. The zero-order valence-electron chi connectivity index (χ0n) is 11.1. The van der Waals surface area contributed by atoms with E-state index in [1.54, 1.807) is 36.4 Å². The van der Waals surface area contributed by atoms with Crippen molar-refractivity contribution in [2.75, 3.05) is 10.0 Å². The Morgan fingerprint density at radius 2 is 1.67 bits per heavy atom. The lowest BCUT2D eigenvalue weighted by atomic mass is 10.3. The standard InChI is InChI=1S/C15H14N2O3S/c1-2-15(18)16-12-7-6-8-13(11-12)17-21(19,20)14-9-4-3-5-10-14/h2-11,17H,1H2,(H,16,18). The van der Waals surface area contributed by atoms with Crippen molar-refractivity contribution in [3.8, 4) is 0 Å². The Bertz CT molecular complexity index is 755. The molecule has 2 rings (SSSR count). The van der Waals surface area contributed by atoms with Crippen molar-refractivity contribution in [3.05, 3.63) is 67.3 Å². The number of hydrogen-bond acceptors (Lipinski definition) is 3. The van der Waals surface area contributed by atoms with Gasteiger partial charge in [0, 0.05) is 5.69 Å². The minimum Gasteiger partial charge on any atom is -0.322 e. The quantitative estimate of drug-likeness (QED) is 0.834. The smallest absolute Gasteiger partial charge is 0.261 e. The number of sulfonamides is 1. The molecule has 1 amide bonds. The molecule has 0 saturated carbocycles. The van der Waals surface area contributed by atoms with Gasteiger partial charge in [-0.1, -0.05) is 30.8 Å². The molecule has 0 aliphatic heterocycles. The molecule has 2 aromatic carbocycles. The molecule has 2 aromatic rings. The highest BCUT2D eigenvalue weighted by Crippen LogP contribution is 2.19. The number of carbonyl (C=O) groups excluding carboxylic acids is 1. The van der Waals surface area contributed by atoms with E-state index in [1.807, 2.05) is 0 Å². The van der Waals surface area contributed by atoms with Crippen LogP contribution in [-0.2, 0) is 14.8 Å². The van der Waals surface area contributed by atoms with Gasteiger partial charge in [0.15, 0.2) is 0 Å². The molecule has 6 heteroatoms. The van der Waals surface area contributed by atoms with E-state index in [0.717, 1.165) is 6.08 Å². The van der Waals surface area contributed by atoms with Gasteiger partial charge in [-0.15, -0.1) is 0 Å². The summed E-state index contributed by atoms with van der Waals surface area (Å²) in [4.78, 5) is 11.4. The maximum absolute atomic E-state index is 12.2. The van der Waals surface area contributed by atoms with Gasteiger partial charge in [0.1, 0.15) is 0 Å². The second-order valence-corrected chi connectivity index (χ2v) is 5.88. The monoisotopic (exact) mass is 302 g/mol. The van der Waals surface area contributed by atoms with E-state index in [9.17, 15) is 13.2 Å². The average molecular weight is 302 g/mol. The zero-order chi connectivity index (χ0) is 15.3. The largest absolute Gasteiger partial charge is 0.322 e. The van der Waals surface area contributed by atoms with Gasteiger partial charge >= 0.3 is 0 Å². The summed E-state index contributed by atoms with van der Waals surface area (Å²) in [6, 6.07) is 14.5. The van der Waals surface area contributed by atoms with E-state index in [1.165, 1.54) is 18.2 Å². The third kappa shape index (κ3) is 3.93. The van der Waals surface area contributed by atoms with Crippen molar-refractivity contribution >= 4 is 27.3 Å². The molecule has 0 bridgehead atoms. The van der Waals surface area contributed by atoms with Crippen LogP contribution in [-0.4, -0.2) is 14.3 Å². The predicted molar refractivity (Wildman–Crippen MR) is 82.5 cm³/mol. The second kappa shape index (κ2) is 6.23. The summed E-state index contributed by atoms with van der Waals surface area (Å²) < 4.78 is 26.8. The van der Waals surface area contributed by atoms with Gasteiger partial charge in [0.25, 0.3) is 10.0 Å². The Labute approximate surface area is 123 Å². The van der Waals surface area contributed by atoms with Crippen LogP contribution in [0.3, 0.4) is 0 Å². The Kier molecular flexibility index (Phi) is 4.39. The molecule has 2 N–H and O–H groups in total. The first-order chi connectivity index (χ1) is 10.0. The van der Waals surface area contributed by atoms with Gasteiger partial charge in [-0.25, -0.2) is 8.42 Å². The minimum absolute atomic E-state index is 0.172. The van der Waals surface area contributed by atoms with E-state index < -0.39 is 10.0 Å². The molecule has 0 aliphatic carbocycles. The van der Waals surface area contributed by atoms with Crippen LogP contribution in [0.5, 0.6) is 0 Å². The summed E-state index contributed by atoms with van der Waals surface area (Å²) in [5, 5.41) is 2.57. The number of anilines is 2. The fraction of sp³-hybridized carbons (Fsp3) is 0. The molecular formula is C15H14N2O3S. The molecule has 0 aromatic heterocycles. The molecule has 0 atom stereocenters. The first kappa shape index (κ1) is 14.8. The molecule has 108 valence electrons. The summed E-state index contributed by atoms with van der Waals surface area (Å²) >= 11 is 0. The summed E-state index contributed by atoms with van der Waals surface area (Å²) in [6.07, 6.45) is 1.14. The molecule has 0 saturated heterocycles. The van der Waals surface area contributed by atoms with Gasteiger partial charge < -0.3 is 5.32 Å². The first-order valence-electron chi connectivity index (χ1n) is 6.12. The van der Waals surface area contributed by atoms with Crippen LogP contribution in [0, 0.1) is 0 Å². The minimum atomic E-state index is -3.65. The van der Waals surface area contributed by atoms with Crippen LogP contribution in [0.25, 0.3) is 0 Å². The molecule has 21 heavy (non-hydrogen) atoms. The number of carbonyl (C=O) groups is 1. The normalized spacial score (nSPS) is 10.7. The highest BCUT2D eigenvalue weighted by atomic mass is 32.2. The summed E-state index contributed by atoms with van der Waals surface area (Å²) in [5.74, 6) is -0.363. The highest BCUT2D eigenvalue weighted by molar-refractivity contribution is 7.92. The maximum atomic E-state index is 12.2. The van der Waals surface area contributed by atoms with Gasteiger partial charge in [-0.2, -0.15) is 0 Å². The van der Waals surface area contributed by atoms with E-state index in [0.29, 0.717) is 11.4 Å². The van der Waals surface area contributed by atoms with Crippen LogP contribution in [0.15, 0.2) is 72.1 Å². The highest BCUT2D eigenvalue weighted by Gasteiger charge is 2.13. The van der Waals surface area contributed by atoms with Crippen molar-refractivity contribution in [2.45, 2.75) is 4.90 Å². The van der Waals surface area contributed by atoms with Crippen molar-refractivity contribution in [1.29, 1.82) is 0 Å². The van der Waals surface area contributed by atoms with E-state index >= 15 is 0 Å².